The van der Waals surface area contributed by atoms with E-state index in [2.05, 4.69) is 5.32 Å². The van der Waals surface area contributed by atoms with Crippen molar-refractivity contribution in [2.75, 3.05) is 6.54 Å². The van der Waals surface area contributed by atoms with Crippen LogP contribution in [0.15, 0.2) is 18.2 Å². The Bertz CT molecular complexity index is 488. The molecular weight excluding hydrogens is 298 g/mol. The highest BCUT2D eigenvalue weighted by Gasteiger charge is 2.35. The molecule has 1 aromatic carbocycles. The van der Waals surface area contributed by atoms with Crippen molar-refractivity contribution in [3.63, 3.8) is 0 Å². The molecule has 0 bridgehead atoms. The first-order valence-electron chi connectivity index (χ1n) is 5.92. The summed E-state index contributed by atoms with van der Waals surface area (Å²) in [6, 6.07) is 2.57. The summed E-state index contributed by atoms with van der Waals surface area (Å²) in [6.07, 6.45) is -4.84. The van der Waals surface area contributed by atoms with Crippen molar-refractivity contribution in [3.05, 3.63) is 35.1 Å². The van der Waals surface area contributed by atoms with Crippen LogP contribution < -0.4 is 5.32 Å². The Morgan fingerprint density at radius 3 is 2.45 bits per heavy atom. The smallest absolute Gasteiger partial charge is 0.350 e. The molecule has 7 heteroatoms. The normalized spacial score (nSPS) is 13.4. The first-order valence-corrected chi connectivity index (χ1v) is 6.36. The Kier molecular flexibility index (Phi) is 5.39. The zero-order valence-corrected chi connectivity index (χ0v) is 11.6. The molecule has 0 aliphatic heterocycles. The standard InChI is InChI=1S/C13H14ClF4NO/c1-7(2)10(14)6-19-12(20)8-4-3-5-9(11(8)15)13(16,17)18/h3-5,7,10H,6H2,1-2H3,(H,19,20). The summed E-state index contributed by atoms with van der Waals surface area (Å²) in [5.74, 6) is -2.42. The van der Waals surface area contributed by atoms with Crippen LogP contribution in [-0.2, 0) is 6.18 Å². The fourth-order valence-corrected chi connectivity index (χ4v) is 1.52. The van der Waals surface area contributed by atoms with Gasteiger partial charge in [-0.05, 0) is 18.1 Å². The van der Waals surface area contributed by atoms with Gasteiger partial charge in [0.2, 0.25) is 0 Å². The van der Waals surface area contributed by atoms with Gasteiger partial charge in [0.25, 0.3) is 5.91 Å². The molecule has 0 aliphatic carbocycles. The van der Waals surface area contributed by atoms with Gasteiger partial charge in [-0.15, -0.1) is 11.6 Å². The van der Waals surface area contributed by atoms with Crippen LogP contribution in [0, 0.1) is 11.7 Å². The van der Waals surface area contributed by atoms with E-state index in [1.54, 1.807) is 0 Å². The van der Waals surface area contributed by atoms with Crippen molar-refractivity contribution in [1.82, 2.24) is 5.32 Å². The minimum atomic E-state index is -4.84. The molecule has 0 saturated heterocycles. The van der Waals surface area contributed by atoms with Crippen molar-refractivity contribution >= 4 is 17.5 Å². The van der Waals surface area contributed by atoms with Gasteiger partial charge in [0.1, 0.15) is 5.82 Å². The summed E-state index contributed by atoms with van der Waals surface area (Å²) < 4.78 is 51.2. The minimum absolute atomic E-state index is 0.0493. The van der Waals surface area contributed by atoms with Gasteiger partial charge in [0.05, 0.1) is 16.5 Å². The largest absolute Gasteiger partial charge is 0.419 e. The number of halogens is 5. The molecule has 0 heterocycles. The maximum atomic E-state index is 13.7. The summed E-state index contributed by atoms with van der Waals surface area (Å²) in [7, 11) is 0. The highest BCUT2D eigenvalue weighted by Crippen LogP contribution is 2.32. The molecule has 20 heavy (non-hydrogen) atoms. The SMILES string of the molecule is CC(C)C(Cl)CNC(=O)c1cccc(C(F)(F)F)c1F. The zero-order chi connectivity index (χ0) is 15.5. The zero-order valence-electron chi connectivity index (χ0n) is 10.9. The van der Waals surface area contributed by atoms with Crippen LogP contribution in [0.5, 0.6) is 0 Å². The van der Waals surface area contributed by atoms with Gasteiger partial charge in [-0.3, -0.25) is 4.79 Å². The number of rotatable bonds is 4. The lowest BCUT2D eigenvalue weighted by atomic mass is 10.1. The quantitative estimate of drug-likeness (QED) is 0.664. The van der Waals surface area contributed by atoms with Crippen molar-refractivity contribution in [1.29, 1.82) is 0 Å². The lowest BCUT2D eigenvalue weighted by Crippen LogP contribution is -2.32. The van der Waals surface area contributed by atoms with Gasteiger partial charge in [0.15, 0.2) is 0 Å². The van der Waals surface area contributed by atoms with Crippen molar-refractivity contribution < 1.29 is 22.4 Å². The van der Waals surface area contributed by atoms with Crippen LogP contribution in [-0.4, -0.2) is 17.8 Å². The molecule has 1 N–H and O–H groups in total. The summed E-state index contributed by atoms with van der Waals surface area (Å²) in [5.41, 5.74) is -2.11. The van der Waals surface area contributed by atoms with E-state index in [4.69, 9.17) is 11.6 Å². The Labute approximate surface area is 119 Å². The van der Waals surface area contributed by atoms with Crippen molar-refractivity contribution in [2.45, 2.75) is 25.4 Å². The molecule has 1 atom stereocenters. The first-order chi connectivity index (χ1) is 9.14. The second kappa shape index (κ2) is 6.43. The van der Waals surface area contributed by atoms with E-state index in [1.165, 1.54) is 0 Å². The number of hydrogen-bond donors (Lipinski definition) is 1. The van der Waals surface area contributed by atoms with Crippen LogP contribution in [0.1, 0.15) is 29.8 Å². The Hall–Kier alpha value is -1.30. The second-order valence-corrected chi connectivity index (χ2v) is 5.20. The van der Waals surface area contributed by atoms with Crippen LogP contribution in [0.25, 0.3) is 0 Å². The van der Waals surface area contributed by atoms with E-state index in [9.17, 15) is 22.4 Å². The predicted octanol–water partition coefficient (Wildman–Crippen LogP) is 3.84. The number of amides is 1. The van der Waals surface area contributed by atoms with Crippen LogP contribution >= 0.6 is 11.6 Å². The Morgan fingerprint density at radius 1 is 1.35 bits per heavy atom. The van der Waals surface area contributed by atoms with E-state index >= 15 is 0 Å². The molecule has 0 spiro atoms. The van der Waals surface area contributed by atoms with Crippen LogP contribution in [0.2, 0.25) is 0 Å². The average Bonchev–Trinajstić information content (AvgIpc) is 2.34. The average molecular weight is 312 g/mol. The van der Waals surface area contributed by atoms with Gasteiger partial charge in [-0.1, -0.05) is 19.9 Å². The number of benzene rings is 1. The van der Waals surface area contributed by atoms with Gasteiger partial charge >= 0.3 is 6.18 Å². The van der Waals surface area contributed by atoms with Crippen molar-refractivity contribution in [2.24, 2.45) is 5.92 Å². The molecule has 0 saturated carbocycles. The molecule has 1 unspecified atom stereocenters. The molecule has 0 radical (unpaired) electrons. The third-order valence-corrected chi connectivity index (χ3v) is 3.39. The fraction of sp³-hybridized carbons (Fsp3) is 0.462. The second-order valence-electron chi connectivity index (χ2n) is 4.63. The van der Waals surface area contributed by atoms with Crippen molar-refractivity contribution in [3.8, 4) is 0 Å². The van der Waals surface area contributed by atoms with Gasteiger partial charge in [-0.25, -0.2) is 4.39 Å². The summed E-state index contributed by atoms with van der Waals surface area (Å²) in [6.45, 7) is 3.71. The fourth-order valence-electron chi connectivity index (χ4n) is 1.45. The Balaban J connectivity index is 2.90. The number of nitrogens with one attached hydrogen (secondary N) is 1. The molecular formula is C13H14ClF4NO. The van der Waals surface area contributed by atoms with E-state index in [0.717, 1.165) is 12.1 Å². The van der Waals surface area contributed by atoms with E-state index in [1.807, 2.05) is 13.8 Å². The highest BCUT2D eigenvalue weighted by molar-refractivity contribution is 6.21. The topological polar surface area (TPSA) is 29.1 Å². The van der Waals surface area contributed by atoms with Crippen LogP contribution in [0.3, 0.4) is 0 Å². The summed E-state index contributed by atoms with van der Waals surface area (Å²) >= 11 is 5.90. The lowest BCUT2D eigenvalue weighted by Gasteiger charge is -2.15. The molecule has 112 valence electrons. The predicted molar refractivity (Wildman–Crippen MR) is 68.2 cm³/mol. The molecule has 0 aromatic heterocycles. The molecule has 2 nitrogen and oxygen atoms in total. The maximum absolute atomic E-state index is 13.7. The summed E-state index contributed by atoms with van der Waals surface area (Å²) in [5, 5.41) is 1.94. The van der Waals surface area contributed by atoms with Gasteiger partial charge < -0.3 is 5.32 Å². The monoisotopic (exact) mass is 311 g/mol. The Morgan fingerprint density at radius 2 is 1.95 bits per heavy atom. The summed E-state index contributed by atoms with van der Waals surface area (Å²) in [4.78, 5) is 11.7. The number of carbonyl (C=O) groups excluding carboxylic acids is 1. The van der Waals surface area contributed by atoms with Gasteiger partial charge in [-0.2, -0.15) is 13.2 Å². The van der Waals surface area contributed by atoms with Gasteiger partial charge in [0, 0.05) is 6.54 Å². The molecule has 0 aliphatic rings. The van der Waals surface area contributed by atoms with Crippen LogP contribution in [0.4, 0.5) is 17.6 Å². The van der Waals surface area contributed by atoms with E-state index in [-0.39, 0.29) is 17.8 Å². The third kappa shape index (κ3) is 4.10. The number of hydrogen-bond acceptors (Lipinski definition) is 1. The van der Waals surface area contributed by atoms with E-state index < -0.39 is 29.0 Å². The maximum Gasteiger partial charge on any atom is 0.419 e. The molecule has 1 rings (SSSR count). The molecule has 1 amide bonds. The first kappa shape index (κ1) is 16.8. The molecule has 0 fully saturated rings. The number of alkyl halides is 4. The minimum Gasteiger partial charge on any atom is -0.350 e. The van der Waals surface area contributed by atoms with E-state index in [0.29, 0.717) is 6.07 Å². The lowest BCUT2D eigenvalue weighted by molar-refractivity contribution is -0.140. The number of carbonyl (C=O) groups is 1. The molecule has 1 aromatic rings. The highest BCUT2D eigenvalue weighted by atomic mass is 35.5. The third-order valence-electron chi connectivity index (χ3n) is 2.73.